The SMILES string of the molecule is Cn1c(SC[C@H]2CCC(=O)N2)nc2sc3c(c2c1=O)CCCC3. The van der Waals surface area contributed by atoms with E-state index in [-0.39, 0.29) is 17.5 Å². The third kappa shape index (κ3) is 2.70. The van der Waals surface area contributed by atoms with Crippen LogP contribution in [0, 0.1) is 0 Å². The monoisotopic (exact) mass is 349 g/mol. The Bertz CT molecular complexity index is 840. The van der Waals surface area contributed by atoms with Gasteiger partial charge < -0.3 is 5.32 Å². The van der Waals surface area contributed by atoms with Gasteiger partial charge in [-0.15, -0.1) is 11.3 Å². The van der Waals surface area contributed by atoms with Crippen LogP contribution in [0.4, 0.5) is 0 Å². The topological polar surface area (TPSA) is 64.0 Å². The standard InChI is InChI=1S/C16H19N3O2S2/c1-19-15(21)13-10-4-2-3-5-11(10)23-14(13)18-16(19)22-8-9-6-7-12(20)17-9/h9H,2-8H2,1H3,(H,17,20)/t9-/m1/s1. The van der Waals surface area contributed by atoms with Gasteiger partial charge in [0.1, 0.15) is 4.83 Å². The molecule has 3 heterocycles. The molecule has 4 rings (SSSR count). The Morgan fingerprint density at radius 2 is 2.13 bits per heavy atom. The lowest BCUT2D eigenvalue weighted by atomic mass is 9.97. The van der Waals surface area contributed by atoms with E-state index in [0.717, 1.165) is 40.4 Å². The Morgan fingerprint density at radius 3 is 2.91 bits per heavy atom. The van der Waals surface area contributed by atoms with E-state index in [1.54, 1.807) is 34.7 Å². The summed E-state index contributed by atoms with van der Waals surface area (Å²) in [6, 6.07) is 0.191. The van der Waals surface area contributed by atoms with Gasteiger partial charge in [-0.1, -0.05) is 11.8 Å². The van der Waals surface area contributed by atoms with Gasteiger partial charge in [-0.2, -0.15) is 0 Å². The number of fused-ring (bicyclic) bond motifs is 3. The van der Waals surface area contributed by atoms with E-state index >= 15 is 0 Å². The number of thiophene rings is 1. The quantitative estimate of drug-likeness (QED) is 0.682. The summed E-state index contributed by atoms with van der Waals surface area (Å²) in [6.45, 7) is 0. The van der Waals surface area contributed by atoms with E-state index < -0.39 is 0 Å². The summed E-state index contributed by atoms with van der Waals surface area (Å²) in [5.41, 5.74) is 1.32. The fraction of sp³-hybridized carbons (Fsp3) is 0.562. The lowest BCUT2D eigenvalue weighted by Crippen LogP contribution is -2.28. The van der Waals surface area contributed by atoms with Crippen LogP contribution in [-0.4, -0.2) is 27.3 Å². The number of aromatic nitrogens is 2. The van der Waals surface area contributed by atoms with Crippen molar-refractivity contribution in [2.45, 2.75) is 49.7 Å². The van der Waals surface area contributed by atoms with Crippen molar-refractivity contribution < 1.29 is 4.79 Å². The van der Waals surface area contributed by atoms with Gasteiger partial charge in [0.25, 0.3) is 5.56 Å². The Balaban J connectivity index is 1.66. The predicted molar refractivity (Wildman–Crippen MR) is 93.4 cm³/mol. The number of thioether (sulfide) groups is 1. The molecule has 2 aliphatic rings. The van der Waals surface area contributed by atoms with Gasteiger partial charge in [0.15, 0.2) is 5.16 Å². The zero-order chi connectivity index (χ0) is 16.0. The molecule has 1 amide bonds. The van der Waals surface area contributed by atoms with Crippen molar-refractivity contribution >= 4 is 39.2 Å². The third-order valence-corrected chi connectivity index (χ3v) is 7.03. The largest absolute Gasteiger partial charge is 0.353 e. The number of carbonyl (C=O) groups excluding carboxylic acids is 1. The molecule has 1 atom stereocenters. The first kappa shape index (κ1) is 15.2. The number of aryl methyl sites for hydroxylation is 2. The molecule has 5 nitrogen and oxygen atoms in total. The van der Waals surface area contributed by atoms with Crippen molar-refractivity contribution in [1.29, 1.82) is 0 Å². The summed E-state index contributed by atoms with van der Waals surface area (Å²) in [6.07, 6.45) is 5.94. The predicted octanol–water partition coefficient (Wildman–Crippen LogP) is 2.24. The number of nitrogens with zero attached hydrogens (tertiary/aromatic N) is 2. The van der Waals surface area contributed by atoms with Gasteiger partial charge in [0.05, 0.1) is 5.39 Å². The molecule has 1 aliphatic heterocycles. The number of carbonyl (C=O) groups is 1. The van der Waals surface area contributed by atoms with E-state index in [9.17, 15) is 9.59 Å². The highest BCUT2D eigenvalue weighted by Crippen LogP contribution is 2.34. The molecular weight excluding hydrogens is 330 g/mol. The van der Waals surface area contributed by atoms with Crippen molar-refractivity contribution in [3.05, 3.63) is 20.8 Å². The fourth-order valence-corrected chi connectivity index (χ4v) is 5.72. The smallest absolute Gasteiger partial charge is 0.262 e. The second kappa shape index (κ2) is 5.94. The molecule has 0 radical (unpaired) electrons. The Morgan fingerprint density at radius 1 is 1.30 bits per heavy atom. The van der Waals surface area contributed by atoms with Crippen LogP contribution in [0.25, 0.3) is 10.2 Å². The highest BCUT2D eigenvalue weighted by molar-refractivity contribution is 7.99. The van der Waals surface area contributed by atoms with Crippen molar-refractivity contribution in [1.82, 2.24) is 14.9 Å². The molecule has 0 saturated carbocycles. The van der Waals surface area contributed by atoms with Crippen LogP contribution in [0.5, 0.6) is 0 Å². The lowest BCUT2D eigenvalue weighted by molar-refractivity contribution is -0.119. The van der Waals surface area contributed by atoms with Gasteiger partial charge >= 0.3 is 0 Å². The molecule has 0 bridgehead atoms. The minimum absolute atomic E-state index is 0.0763. The molecular formula is C16H19N3O2S2. The van der Waals surface area contributed by atoms with Crippen LogP contribution in [-0.2, 0) is 24.7 Å². The number of amides is 1. The summed E-state index contributed by atoms with van der Waals surface area (Å²) >= 11 is 3.25. The highest BCUT2D eigenvalue weighted by atomic mass is 32.2. The molecule has 2 aromatic rings. The van der Waals surface area contributed by atoms with Crippen LogP contribution >= 0.6 is 23.1 Å². The number of rotatable bonds is 3. The Hall–Kier alpha value is -1.34. The van der Waals surface area contributed by atoms with Crippen LogP contribution in [0.15, 0.2) is 9.95 Å². The van der Waals surface area contributed by atoms with Crippen molar-refractivity contribution in [2.75, 3.05) is 5.75 Å². The van der Waals surface area contributed by atoms with Crippen molar-refractivity contribution in [2.24, 2.45) is 7.05 Å². The van der Waals surface area contributed by atoms with Gasteiger partial charge in [-0.05, 0) is 37.7 Å². The number of hydrogen-bond donors (Lipinski definition) is 1. The average molecular weight is 349 g/mol. The molecule has 0 spiro atoms. The molecule has 1 N–H and O–H groups in total. The van der Waals surface area contributed by atoms with Crippen LogP contribution in [0.3, 0.4) is 0 Å². The molecule has 2 aromatic heterocycles. The Kier molecular flexibility index (Phi) is 3.93. The van der Waals surface area contributed by atoms with E-state index in [1.807, 2.05) is 0 Å². The van der Waals surface area contributed by atoms with E-state index in [2.05, 4.69) is 5.32 Å². The number of nitrogens with one attached hydrogen (secondary N) is 1. The molecule has 23 heavy (non-hydrogen) atoms. The summed E-state index contributed by atoms with van der Waals surface area (Å²) in [5, 5.41) is 4.55. The maximum absolute atomic E-state index is 12.8. The summed E-state index contributed by atoms with van der Waals surface area (Å²) in [5.74, 6) is 0.890. The second-order valence-electron chi connectivity index (χ2n) is 6.26. The van der Waals surface area contributed by atoms with Crippen molar-refractivity contribution in [3.8, 4) is 0 Å². The minimum atomic E-state index is 0.0763. The molecule has 1 fully saturated rings. The minimum Gasteiger partial charge on any atom is -0.353 e. The maximum Gasteiger partial charge on any atom is 0.262 e. The van der Waals surface area contributed by atoms with Gasteiger partial charge in [-0.25, -0.2) is 4.98 Å². The first-order valence-electron chi connectivity index (χ1n) is 8.07. The number of hydrogen-bond acceptors (Lipinski definition) is 5. The normalized spacial score (nSPS) is 20.7. The van der Waals surface area contributed by atoms with E-state index in [1.165, 1.54) is 23.3 Å². The van der Waals surface area contributed by atoms with Gasteiger partial charge in [-0.3, -0.25) is 14.2 Å². The zero-order valence-corrected chi connectivity index (χ0v) is 14.7. The third-order valence-electron chi connectivity index (χ3n) is 4.65. The first-order valence-corrected chi connectivity index (χ1v) is 9.87. The lowest BCUT2D eigenvalue weighted by Gasteiger charge is -2.12. The van der Waals surface area contributed by atoms with E-state index in [4.69, 9.17) is 4.98 Å². The maximum atomic E-state index is 12.8. The Labute approximate surface area is 142 Å². The zero-order valence-electron chi connectivity index (χ0n) is 13.1. The van der Waals surface area contributed by atoms with Crippen LogP contribution in [0.1, 0.15) is 36.1 Å². The van der Waals surface area contributed by atoms with Crippen LogP contribution < -0.4 is 10.9 Å². The molecule has 1 aliphatic carbocycles. The summed E-state index contributed by atoms with van der Waals surface area (Å²) in [4.78, 5) is 31.0. The van der Waals surface area contributed by atoms with Crippen LogP contribution in [0.2, 0.25) is 0 Å². The first-order chi connectivity index (χ1) is 11.1. The van der Waals surface area contributed by atoms with Crippen molar-refractivity contribution in [3.63, 3.8) is 0 Å². The average Bonchev–Trinajstić information content (AvgIpc) is 3.12. The fourth-order valence-electron chi connectivity index (χ4n) is 3.37. The molecule has 122 valence electrons. The molecule has 1 saturated heterocycles. The highest BCUT2D eigenvalue weighted by Gasteiger charge is 2.23. The molecule has 0 aromatic carbocycles. The van der Waals surface area contributed by atoms with Gasteiger partial charge in [0, 0.05) is 30.1 Å². The van der Waals surface area contributed by atoms with E-state index in [0.29, 0.717) is 6.42 Å². The summed E-state index contributed by atoms with van der Waals surface area (Å²) < 4.78 is 1.67. The second-order valence-corrected chi connectivity index (χ2v) is 8.33. The summed E-state index contributed by atoms with van der Waals surface area (Å²) in [7, 11) is 1.80. The molecule has 7 heteroatoms. The molecule has 0 unspecified atom stereocenters. The van der Waals surface area contributed by atoms with Gasteiger partial charge in [0.2, 0.25) is 5.91 Å².